The Hall–Kier alpha value is -0.0800. The standard InChI is InChI=1S/C11H22N2/c1-13-8-5-11(4-7-12,6-9-13)10-2-3-10/h10H,2-9,12H2,1H3. The monoisotopic (exact) mass is 182 g/mol. The van der Waals surface area contributed by atoms with Crippen molar-refractivity contribution in [1.29, 1.82) is 0 Å². The predicted molar refractivity (Wildman–Crippen MR) is 55.6 cm³/mol. The summed E-state index contributed by atoms with van der Waals surface area (Å²) < 4.78 is 0. The zero-order valence-electron chi connectivity index (χ0n) is 8.76. The summed E-state index contributed by atoms with van der Waals surface area (Å²) >= 11 is 0. The molecule has 0 aromatic heterocycles. The Morgan fingerprint density at radius 2 is 1.92 bits per heavy atom. The molecule has 0 atom stereocenters. The molecule has 1 saturated heterocycles. The second-order valence-electron chi connectivity index (χ2n) is 4.98. The molecule has 1 aliphatic heterocycles. The second-order valence-corrected chi connectivity index (χ2v) is 4.98. The molecule has 0 spiro atoms. The van der Waals surface area contributed by atoms with Crippen molar-refractivity contribution >= 4 is 0 Å². The van der Waals surface area contributed by atoms with Gasteiger partial charge in [-0.3, -0.25) is 0 Å². The first-order valence-electron chi connectivity index (χ1n) is 5.65. The maximum absolute atomic E-state index is 5.73. The van der Waals surface area contributed by atoms with Gasteiger partial charge in [-0.2, -0.15) is 0 Å². The molecular formula is C11H22N2. The predicted octanol–water partition coefficient (Wildman–Crippen LogP) is 1.46. The molecule has 2 N–H and O–H groups in total. The number of likely N-dealkylation sites (tertiary alicyclic amines) is 1. The van der Waals surface area contributed by atoms with Crippen LogP contribution in [0, 0.1) is 11.3 Å². The third kappa shape index (κ3) is 1.89. The molecule has 2 aliphatic rings. The van der Waals surface area contributed by atoms with Gasteiger partial charge in [-0.25, -0.2) is 0 Å². The highest BCUT2D eigenvalue weighted by molar-refractivity contribution is 4.96. The van der Waals surface area contributed by atoms with Crippen molar-refractivity contribution in [3.63, 3.8) is 0 Å². The van der Waals surface area contributed by atoms with Crippen molar-refractivity contribution in [3.05, 3.63) is 0 Å². The molecule has 2 heteroatoms. The molecule has 76 valence electrons. The number of piperidine rings is 1. The molecule has 1 heterocycles. The van der Waals surface area contributed by atoms with Gasteiger partial charge in [0.1, 0.15) is 0 Å². The molecule has 1 aliphatic carbocycles. The zero-order chi connectivity index (χ0) is 9.31. The van der Waals surface area contributed by atoms with Crippen LogP contribution in [0.1, 0.15) is 32.1 Å². The first kappa shape index (κ1) is 9.47. The number of hydrogen-bond acceptors (Lipinski definition) is 2. The van der Waals surface area contributed by atoms with E-state index in [4.69, 9.17) is 5.73 Å². The van der Waals surface area contributed by atoms with Gasteiger partial charge in [-0.1, -0.05) is 0 Å². The first-order chi connectivity index (χ1) is 6.27. The van der Waals surface area contributed by atoms with Gasteiger partial charge < -0.3 is 10.6 Å². The fraction of sp³-hybridized carbons (Fsp3) is 1.00. The smallest absolute Gasteiger partial charge is 0.00164 e. The summed E-state index contributed by atoms with van der Waals surface area (Å²) in [4.78, 5) is 2.46. The Labute approximate surface area is 81.5 Å². The zero-order valence-corrected chi connectivity index (χ0v) is 8.76. The lowest BCUT2D eigenvalue weighted by molar-refractivity contribution is 0.0916. The maximum Gasteiger partial charge on any atom is -0.00164 e. The molecule has 1 saturated carbocycles. The lowest BCUT2D eigenvalue weighted by Crippen LogP contribution is -2.40. The summed E-state index contributed by atoms with van der Waals surface area (Å²) in [5.41, 5.74) is 6.39. The van der Waals surface area contributed by atoms with E-state index in [0.29, 0.717) is 5.41 Å². The molecule has 2 nitrogen and oxygen atoms in total. The van der Waals surface area contributed by atoms with E-state index in [1.807, 2.05) is 0 Å². The molecule has 0 amide bonds. The topological polar surface area (TPSA) is 29.3 Å². The summed E-state index contributed by atoms with van der Waals surface area (Å²) in [6, 6.07) is 0. The first-order valence-corrected chi connectivity index (χ1v) is 5.65. The van der Waals surface area contributed by atoms with E-state index in [1.54, 1.807) is 0 Å². The van der Waals surface area contributed by atoms with Crippen LogP contribution in [0.3, 0.4) is 0 Å². The van der Waals surface area contributed by atoms with E-state index in [1.165, 1.54) is 45.2 Å². The van der Waals surface area contributed by atoms with E-state index in [-0.39, 0.29) is 0 Å². The van der Waals surface area contributed by atoms with Gasteiger partial charge in [0.2, 0.25) is 0 Å². The number of nitrogens with zero attached hydrogens (tertiary/aromatic N) is 1. The van der Waals surface area contributed by atoms with E-state index in [0.717, 1.165) is 12.5 Å². The SMILES string of the molecule is CN1CCC(CCN)(C2CC2)CC1. The summed E-state index contributed by atoms with van der Waals surface area (Å²) in [5, 5.41) is 0. The van der Waals surface area contributed by atoms with Gasteiger partial charge in [0.15, 0.2) is 0 Å². The van der Waals surface area contributed by atoms with Gasteiger partial charge in [-0.15, -0.1) is 0 Å². The van der Waals surface area contributed by atoms with E-state index in [2.05, 4.69) is 11.9 Å². The Morgan fingerprint density at radius 1 is 1.31 bits per heavy atom. The van der Waals surface area contributed by atoms with Crippen LogP contribution in [0.4, 0.5) is 0 Å². The molecule has 0 aromatic carbocycles. The average molecular weight is 182 g/mol. The molecule has 13 heavy (non-hydrogen) atoms. The van der Waals surface area contributed by atoms with E-state index >= 15 is 0 Å². The van der Waals surface area contributed by atoms with Gasteiger partial charge in [-0.05, 0) is 70.1 Å². The van der Waals surface area contributed by atoms with Crippen LogP contribution < -0.4 is 5.73 Å². The lowest BCUT2D eigenvalue weighted by Gasteiger charge is -2.41. The third-order valence-corrected chi connectivity index (χ3v) is 4.07. The van der Waals surface area contributed by atoms with Crippen molar-refractivity contribution < 1.29 is 0 Å². The van der Waals surface area contributed by atoms with Crippen molar-refractivity contribution in [2.24, 2.45) is 17.1 Å². The quantitative estimate of drug-likeness (QED) is 0.716. The van der Waals surface area contributed by atoms with Crippen molar-refractivity contribution in [2.45, 2.75) is 32.1 Å². The van der Waals surface area contributed by atoms with Crippen LogP contribution >= 0.6 is 0 Å². The van der Waals surface area contributed by atoms with Gasteiger partial charge in [0.05, 0.1) is 0 Å². The minimum absolute atomic E-state index is 0.654. The largest absolute Gasteiger partial charge is 0.330 e. The number of hydrogen-bond donors (Lipinski definition) is 1. The molecule has 0 unspecified atom stereocenters. The molecular weight excluding hydrogens is 160 g/mol. The Kier molecular flexibility index (Phi) is 2.61. The number of nitrogens with two attached hydrogens (primary N) is 1. The fourth-order valence-corrected chi connectivity index (χ4v) is 2.91. The molecule has 0 aromatic rings. The van der Waals surface area contributed by atoms with Crippen LogP contribution in [0.5, 0.6) is 0 Å². The summed E-state index contributed by atoms with van der Waals surface area (Å²) in [7, 11) is 2.24. The minimum atomic E-state index is 0.654. The van der Waals surface area contributed by atoms with Crippen LogP contribution in [0.15, 0.2) is 0 Å². The fourth-order valence-electron chi connectivity index (χ4n) is 2.91. The Bertz CT molecular complexity index is 167. The summed E-state index contributed by atoms with van der Waals surface area (Å²) in [6.07, 6.45) is 7.01. The van der Waals surface area contributed by atoms with E-state index in [9.17, 15) is 0 Å². The van der Waals surface area contributed by atoms with Gasteiger partial charge >= 0.3 is 0 Å². The second kappa shape index (κ2) is 3.58. The van der Waals surface area contributed by atoms with E-state index < -0.39 is 0 Å². The summed E-state index contributed by atoms with van der Waals surface area (Å²) in [6.45, 7) is 3.47. The molecule has 0 radical (unpaired) electrons. The van der Waals surface area contributed by atoms with Crippen molar-refractivity contribution in [1.82, 2.24) is 4.90 Å². The highest BCUT2D eigenvalue weighted by Crippen LogP contribution is 2.53. The summed E-state index contributed by atoms with van der Waals surface area (Å²) in [5.74, 6) is 1.03. The van der Waals surface area contributed by atoms with Crippen molar-refractivity contribution in [3.8, 4) is 0 Å². The van der Waals surface area contributed by atoms with Crippen LogP contribution in [-0.2, 0) is 0 Å². The highest BCUT2D eigenvalue weighted by atomic mass is 15.1. The molecule has 0 bridgehead atoms. The Morgan fingerprint density at radius 3 is 2.38 bits per heavy atom. The maximum atomic E-state index is 5.73. The number of rotatable bonds is 3. The third-order valence-electron chi connectivity index (χ3n) is 4.07. The normalized spacial score (nSPS) is 29.1. The Balaban J connectivity index is 1.97. The molecule has 2 rings (SSSR count). The lowest BCUT2D eigenvalue weighted by atomic mass is 9.72. The van der Waals surface area contributed by atoms with Crippen LogP contribution in [-0.4, -0.2) is 31.6 Å². The van der Waals surface area contributed by atoms with Gasteiger partial charge in [0, 0.05) is 0 Å². The van der Waals surface area contributed by atoms with Crippen LogP contribution in [0.25, 0.3) is 0 Å². The van der Waals surface area contributed by atoms with Gasteiger partial charge in [0.25, 0.3) is 0 Å². The average Bonchev–Trinajstić information content (AvgIpc) is 2.93. The molecule has 2 fully saturated rings. The van der Waals surface area contributed by atoms with Crippen LogP contribution in [0.2, 0.25) is 0 Å². The highest BCUT2D eigenvalue weighted by Gasteiger charge is 2.45. The van der Waals surface area contributed by atoms with Crippen molar-refractivity contribution in [2.75, 3.05) is 26.7 Å². The minimum Gasteiger partial charge on any atom is -0.330 e.